The molecule has 1 saturated heterocycles. The van der Waals surface area contributed by atoms with E-state index in [4.69, 9.17) is 9.72 Å². The number of hydrogen-bond donors (Lipinski definition) is 0. The van der Waals surface area contributed by atoms with Crippen LogP contribution >= 0.6 is 11.8 Å². The number of para-hydroxylation sites is 2. The van der Waals surface area contributed by atoms with E-state index in [0.717, 1.165) is 52.2 Å². The second-order valence-corrected chi connectivity index (χ2v) is 11.9. The monoisotopic (exact) mass is 566 g/mol. The Hall–Kier alpha value is -4.11. The molecule has 2 aromatic heterocycles. The summed E-state index contributed by atoms with van der Waals surface area (Å²) in [6, 6.07) is 23.0. The Labute approximate surface area is 244 Å². The first-order chi connectivity index (χ1) is 19.9. The quantitative estimate of drug-likeness (QED) is 0.241. The van der Waals surface area contributed by atoms with Crippen LogP contribution in [-0.2, 0) is 11.3 Å². The summed E-state index contributed by atoms with van der Waals surface area (Å²) in [5.41, 5.74) is 7.30. The molecule has 1 aliphatic heterocycles. The van der Waals surface area contributed by atoms with Crippen molar-refractivity contribution in [3.05, 3.63) is 83.4 Å². The van der Waals surface area contributed by atoms with Crippen molar-refractivity contribution in [3.63, 3.8) is 0 Å². The molecule has 1 amide bonds. The Bertz CT molecular complexity index is 1710. The van der Waals surface area contributed by atoms with Gasteiger partial charge in [0.25, 0.3) is 0 Å². The van der Waals surface area contributed by atoms with Gasteiger partial charge in [0.05, 0.1) is 23.6 Å². The number of carbonyl (C=O) groups is 1. The molecular weight excluding hydrogens is 532 g/mol. The number of fused-ring (bicyclic) bond motifs is 3. The zero-order chi connectivity index (χ0) is 28.5. The van der Waals surface area contributed by atoms with Crippen molar-refractivity contribution < 1.29 is 9.53 Å². The molecule has 9 heteroatoms. The molecule has 8 nitrogen and oxygen atoms in total. The van der Waals surface area contributed by atoms with Gasteiger partial charge < -0.3 is 19.1 Å². The number of benzene rings is 3. The molecule has 6 rings (SSSR count). The van der Waals surface area contributed by atoms with Gasteiger partial charge in [0.1, 0.15) is 11.3 Å². The Morgan fingerprint density at radius 1 is 0.951 bits per heavy atom. The first-order valence-corrected chi connectivity index (χ1v) is 14.8. The van der Waals surface area contributed by atoms with Gasteiger partial charge in [-0.2, -0.15) is 0 Å². The number of ether oxygens (including phenoxy) is 1. The van der Waals surface area contributed by atoms with E-state index >= 15 is 0 Å². The van der Waals surface area contributed by atoms with Gasteiger partial charge >= 0.3 is 0 Å². The van der Waals surface area contributed by atoms with Crippen LogP contribution in [0.25, 0.3) is 22.1 Å². The maximum Gasteiger partial charge on any atom is 0.236 e. The summed E-state index contributed by atoms with van der Waals surface area (Å²) < 4.78 is 7.74. The van der Waals surface area contributed by atoms with Gasteiger partial charge in [-0.3, -0.25) is 4.79 Å². The summed E-state index contributed by atoms with van der Waals surface area (Å²) in [5, 5.41) is 10.3. The van der Waals surface area contributed by atoms with E-state index in [1.54, 1.807) is 7.11 Å². The predicted molar refractivity (Wildman–Crippen MR) is 165 cm³/mol. The fourth-order valence-corrected chi connectivity index (χ4v) is 6.26. The molecule has 1 atom stereocenters. The lowest BCUT2D eigenvalue weighted by molar-refractivity contribution is -0.130. The lowest BCUT2D eigenvalue weighted by atomic mass is 10.1. The van der Waals surface area contributed by atoms with Crippen LogP contribution in [0.1, 0.15) is 23.6 Å². The Balaban J connectivity index is 1.21. The number of aromatic nitrogens is 4. The average molecular weight is 567 g/mol. The lowest BCUT2D eigenvalue weighted by Gasteiger charge is -2.37. The molecule has 1 unspecified atom stereocenters. The van der Waals surface area contributed by atoms with E-state index in [-0.39, 0.29) is 11.2 Å². The molecule has 210 valence electrons. The van der Waals surface area contributed by atoms with Crippen molar-refractivity contribution in [1.29, 1.82) is 0 Å². The van der Waals surface area contributed by atoms with E-state index < -0.39 is 0 Å². The van der Waals surface area contributed by atoms with Crippen molar-refractivity contribution in [2.24, 2.45) is 0 Å². The van der Waals surface area contributed by atoms with Crippen LogP contribution < -0.4 is 9.64 Å². The number of carbonyl (C=O) groups excluding carboxylic acids is 1. The van der Waals surface area contributed by atoms with Crippen molar-refractivity contribution in [1.82, 2.24) is 24.6 Å². The molecule has 1 fully saturated rings. The molecule has 0 aliphatic carbocycles. The Kier molecular flexibility index (Phi) is 7.53. The average Bonchev–Trinajstić information content (AvgIpc) is 3.29. The highest BCUT2D eigenvalue weighted by Crippen LogP contribution is 2.31. The maximum atomic E-state index is 13.4. The number of amides is 1. The summed E-state index contributed by atoms with van der Waals surface area (Å²) in [5.74, 6) is 0.945. The number of hydrogen-bond acceptors (Lipinski definition) is 7. The fourth-order valence-electron chi connectivity index (χ4n) is 5.47. The molecule has 0 spiro atoms. The largest absolute Gasteiger partial charge is 0.495 e. The minimum atomic E-state index is -0.329. The molecule has 0 radical (unpaired) electrons. The summed E-state index contributed by atoms with van der Waals surface area (Å²) in [6.45, 7) is 9.61. The van der Waals surface area contributed by atoms with Crippen LogP contribution in [-0.4, -0.2) is 69.1 Å². The molecule has 1 aliphatic rings. The highest BCUT2D eigenvalue weighted by atomic mass is 32.2. The van der Waals surface area contributed by atoms with Gasteiger partial charge in [-0.25, -0.2) is 4.98 Å². The normalized spacial score (nSPS) is 14.5. The fraction of sp³-hybridized carbons (Fsp3) is 0.312. The summed E-state index contributed by atoms with van der Waals surface area (Å²) >= 11 is 1.37. The number of aryl methyl sites for hydroxylation is 2. The third-order valence-electron chi connectivity index (χ3n) is 7.71. The van der Waals surface area contributed by atoms with Crippen molar-refractivity contribution >= 4 is 45.4 Å². The summed E-state index contributed by atoms with van der Waals surface area (Å²) in [6.07, 6.45) is 0. The van der Waals surface area contributed by atoms with Gasteiger partial charge in [-0.15, -0.1) is 10.2 Å². The maximum absolute atomic E-state index is 13.4. The molecule has 5 aromatic rings. The van der Waals surface area contributed by atoms with E-state index in [2.05, 4.69) is 82.0 Å². The standard InChI is InChI=1S/C32H34N6O2S/c1-21-9-12-24(13-10-21)20-38-26-14-11-22(2)19-25(26)29-30(38)33-32(35-34-29)41-23(3)31(39)37-17-15-36(16-18-37)27-7-5-6-8-28(27)40-4/h5-14,19,23H,15-18,20H2,1-4H3. The van der Waals surface area contributed by atoms with Gasteiger partial charge in [0.2, 0.25) is 11.1 Å². The smallest absolute Gasteiger partial charge is 0.236 e. The minimum absolute atomic E-state index is 0.0918. The molecule has 3 aromatic carbocycles. The number of methoxy groups -OCH3 is 1. The Morgan fingerprint density at radius 2 is 1.68 bits per heavy atom. The number of nitrogens with zero attached hydrogens (tertiary/aromatic N) is 6. The second-order valence-electron chi connectivity index (χ2n) is 10.6. The van der Waals surface area contributed by atoms with Crippen molar-refractivity contribution in [3.8, 4) is 5.75 Å². The van der Waals surface area contributed by atoms with E-state index in [1.807, 2.05) is 30.0 Å². The van der Waals surface area contributed by atoms with Crippen LogP contribution in [0, 0.1) is 13.8 Å². The van der Waals surface area contributed by atoms with E-state index in [1.165, 1.54) is 22.9 Å². The van der Waals surface area contributed by atoms with Crippen molar-refractivity contribution in [2.45, 2.75) is 37.7 Å². The summed E-state index contributed by atoms with van der Waals surface area (Å²) in [4.78, 5) is 22.6. The van der Waals surface area contributed by atoms with Crippen molar-refractivity contribution in [2.75, 3.05) is 38.2 Å². The third-order valence-corrected chi connectivity index (χ3v) is 8.65. The van der Waals surface area contributed by atoms with Gasteiger partial charge in [0, 0.05) is 38.1 Å². The molecular formula is C32H34N6O2S. The molecule has 0 N–H and O–H groups in total. The summed E-state index contributed by atoms with van der Waals surface area (Å²) in [7, 11) is 1.69. The number of thioether (sulfide) groups is 1. The van der Waals surface area contributed by atoms with Gasteiger partial charge in [0.15, 0.2) is 5.65 Å². The van der Waals surface area contributed by atoms with Crippen LogP contribution in [0.3, 0.4) is 0 Å². The molecule has 3 heterocycles. The SMILES string of the molecule is COc1ccccc1N1CCN(C(=O)C(C)Sc2nnc3c4cc(C)ccc4n(Cc4ccc(C)cc4)c3n2)CC1. The minimum Gasteiger partial charge on any atom is -0.495 e. The molecule has 0 saturated carbocycles. The first kappa shape index (κ1) is 27.1. The predicted octanol–water partition coefficient (Wildman–Crippen LogP) is 5.48. The number of anilines is 1. The van der Waals surface area contributed by atoms with Gasteiger partial charge in [-0.1, -0.05) is 65.4 Å². The molecule has 41 heavy (non-hydrogen) atoms. The molecule has 0 bridgehead atoms. The van der Waals surface area contributed by atoms with Crippen LogP contribution in [0.4, 0.5) is 5.69 Å². The highest BCUT2D eigenvalue weighted by molar-refractivity contribution is 8.00. The Morgan fingerprint density at radius 3 is 2.44 bits per heavy atom. The van der Waals surface area contributed by atoms with Crippen LogP contribution in [0.2, 0.25) is 0 Å². The van der Waals surface area contributed by atoms with Crippen LogP contribution in [0.5, 0.6) is 5.75 Å². The van der Waals surface area contributed by atoms with E-state index in [0.29, 0.717) is 24.8 Å². The first-order valence-electron chi connectivity index (χ1n) is 13.9. The number of piperazine rings is 1. The number of rotatable bonds is 7. The van der Waals surface area contributed by atoms with E-state index in [9.17, 15) is 4.79 Å². The second kappa shape index (κ2) is 11.4. The zero-order valence-corrected chi connectivity index (χ0v) is 24.7. The third kappa shape index (κ3) is 5.46. The van der Waals surface area contributed by atoms with Crippen LogP contribution in [0.15, 0.2) is 71.9 Å². The van der Waals surface area contributed by atoms with Gasteiger partial charge in [-0.05, 0) is 50.6 Å². The zero-order valence-electron chi connectivity index (χ0n) is 23.9. The highest BCUT2D eigenvalue weighted by Gasteiger charge is 2.27. The topological polar surface area (TPSA) is 76.4 Å². The lowest BCUT2D eigenvalue weighted by Crippen LogP contribution is -2.50.